The van der Waals surface area contributed by atoms with Gasteiger partial charge >= 0.3 is 0 Å². The summed E-state index contributed by atoms with van der Waals surface area (Å²) in [6.07, 6.45) is 4.00. The molecule has 3 aliphatic rings. The molecule has 148 valence electrons. The molecule has 1 aromatic carbocycles. The highest BCUT2D eigenvalue weighted by Crippen LogP contribution is 2.37. The highest BCUT2D eigenvalue weighted by atomic mass is 16.5. The van der Waals surface area contributed by atoms with Gasteiger partial charge in [0.1, 0.15) is 5.75 Å². The van der Waals surface area contributed by atoms with Gasteiger partial charge in [-0.1, -0.05) is 12.1 Å². The van der Waals surface area contributed by atoms with Crippen LogP contribution in [0.2, 0.25) is 0 Å². The Morgan fingerprint density at radius 2 is 1.85 bits per heavy atom. The van der Waals surface area contributed by atoms with Gasteiger partial charge in [-0.2, -0.15) is 0 Å². The fourth-order valence-corrected chi connectivity index (χ4v) is 4.71. The van der Waals surface area contributed by atoms with Crippen LogP contribution in [0.4, 0.5) is 0 Å². The lowest BCUT2D eigenvalue weighted by Crippen LogP contribution is -2.55. The van der Waals surface area contributed by atoms with Crippen molar-refractivity contribution in [3.8, 4) is 5.75 Å². The molecule has 0 aliphatic carbocycles. The van der Waals surface area contributed by atoms with Crippen LogP contribution in [0, 0.1) is 0 Å². The van der Waals surface area contributed by atoms with Gasteiger partial charge in [-0.05, 0) is 37.8 Å². The second kappa shape index (κ2) is 8.17. The van der Waals surface area contributed by atoms with Gasteiger partial charge in [-0.25, -0.2) is 0 Å². The number of likely N-dealkylation sites (tertiary alicyclic amines) is 1. The summed E-state index contributed by atoms with van der Waals surface area (Å²) in [7, 11) is 1.61. The molecular formula is C21H30N2O4. The summed E-state index contributed by atoms with van der Waals surface area (Å²) in [5, 5.41) is 0. The highest BCUT2D eigenvalue weighted by Gasteiger charge is 2.43. The van der Waals surface area contributed by atoms with Crippen molar-refractivity contribution >= 4 is 5.91 Å². The number of piperidine rings is 1. The van der Waals surface area contributed by atoms with Crippen LogP contribution in [-0.2, 0) is 9.47 Å². The maximum atomic E-state index is 12.9. The fraction of sp³-hybridized carbons (Fsp3) is 0.667. The smallest absolute Gasteiger partial charge is 0.257 e. The molecule has 1 amide bonds. The number of ether oxygens (including phenoxy) is 3. The normalized spacial score (nSPS) is 26.1. The standard InChI is InChI=1S/C21H30N2O4/c1-25-19-5-3-2-4-18(19)20(24)23-9-7-21(8-10-23)16-17(6-13-27-21)22-11-14-26-15-12-22/h2-5,17H,6-16H2,1H3. The molecular weight excluding hydrogens is 344 g/mol. The van der Waals surface area contributed by atoms with Crippen molar-refractivity contribution in [3.63, 3.8) is 0 Å². The Morgan fingerprint density at radius 3 is 2.59 bits per heavy atom. The van der Waals surface area contributed by atoms with E-state index in [0.29, 0.717) is 17.4 Å². The second-order valence-corrected chi connectivity index (χ2v) is 7.82. The Kier molecular flexibility index (Phi) is 5.66. The zero-order valence-corrected chi connectivity index (χ0v) is 16.2. The monoisotopic (exact) mass is 374 g/mol. The summed E-state index contributed by atoms with van der Waals surface area (Å²) in [6, 6.07) is 8.05. The zero-order chi connectivity index (χ0) is 18.7. The first-order valence-corrected chi connectivity index (χ1v) is 10.1. The number of para-hydroxylation sites is 1. The third-order valence-electron chi connectivity index (χ3n) is 6.33. The first-order valence-electron chi connectivity index (χ1n) is 10.1. The predicted molar refractivity (Wildman–Crippen MR) is 102 cm³/mol. The summed E-state index contributed by atoms with van der Waals surface area (Å²) in [4.78, 5) is 17.5. The number of carbonyl (C=O) groups excluding carboxylic acids is 1. The van der Waals surface area contributed by atoms with Crippen molar-refractivity contribution < 1.29 is 19.0 Å². The lowest BCUT2D eigenvalue weighted by molar-refractivity contribution is -0.136. The zero-order valence-electron chi connectivity index (χ0n) is 16.2. The van der Waals surface area contributed by atoms with Crippen LogP contribution in [0.3, 0.4) is 0 Å². The fourth-order valence-electron chi connectivity index (χ4n) is 4.71. The van der Waals surface area contributed by atoms with Gasteiger partial charge in [0, 0.05) is 38.8 Å². The minimum Gasteiger partial charge on any atom is -0.496 e. The molecule has 0 bridgehead atoms. The molecule has 1 aromatic rings. The van der Waals surface area contributed by atoms with E-state index in [1.165, 1.54) is 0 Å². The van der Waals surface area contributed by atoms with Crippen molar-refractivity contribution in [2.75, 3.05) is 53.1 Å². The van der Waals surface area contributed by atoms with Crippen molar-refractivity contribution in [2.45, 2.75) is 37.3 Å². The van der Waals surface area contributed by atoms with Crippen molar-refractivity contribution in [2.24, 2.45) is 0 Å². The lowest BCUT2D eigenvalue weighted by Gasteiger charge is -2.49. The number of hydrogen-bond acceptors (Lipinski definition) is 5. The second-order valence-electron chi connectivity index (χ2n) is 7.82. The number of hydrogen-bond donors (Lipinski definition) is 0. The van der Waals surface area contributed by atoms with Crippen LogP contribution in [0.5, 0.6) is 5.75 Å². The number of carbonyl (C=O) groups is 1. The first kappa shape index (κ1) is 18.7. The Labute approximate surface area is 161 Å². The van der Waals surface area contributed by atoms with E-state index in [0.717, 1.165) is 71.7 Å². The minimum absolute atomic E-state index is 0.0582. The molecule has 3 aliphatic heterocycles. The molecule has 6 nitrogen and oxygen atoms in total. The van der Waals surface area contributed by atoms with Crippen LogP contribution in [-0.4, -0.2) is 80.5 Å². The number of methoxy groups -OCH3 is 1. The minimum atomic E-state index is -0.0707. The summed E-state index contributed by atoms with van der Waals surface area (Å²) < 4.78 is 17.1. The van der Waals surface area contributed by atoms with Gasteiger partial charge in [0.25, 0.3) is 5.91 Å². The maximum absolute atomic E-state index is 12.9. The number of morpholine rings is 1. The largest absolute Gasteiger partial charge is 0.496 e. The van der Waals surface area contributed by atoms with E-state index in [2.05, 4.69) is 4.90 Å². The van der Waals surface area contributed by atoms with Crippen LogP contribution < -0.4 is 4.74 Å². The summed E-state index contributed by atoms with van der Waals surface area (Å²) in [6.45, 7) is 6.04. The van der Waals surface area contributed by atoms with Gasteiger partial charge in [-0.15, -0.1) is 0 Å². The maximum Gasteiger partial charge on any atom is 0.257 e. The van der Waals surface area contributed by atoms with Crippen molar-refractivity contribution in [3.05, 3.63) is 29.8 Å². The Bertz CT molecular complexity index is 651. The molecule has 0 saturated carbocycles. The SMILES string of the molecule is COc1ccccc1C(=O)N1CCC2(CC1)CC(N1CCOCC1)CCO2. The molecule has 1 unspecified atom stereocenters. The number of benzene rings is 1. The van der Waals surface area contributed by atoms with E-state index in [9.17, 15) is 4.79 Å². The van der Waals surface area contributed by atoms with Gasteiger partial charge in [0.05, 0.1) is 31.5 Å². The highest BCUT2D eigenvalue weighted by molar-refractivity contribution is 5.97. The van der Waals surface area contributed by atoms with Crippen molar-refractivity contribution in [1.29, 1.82) is 0 Å². The first-order chi connectivity index (χ1) is 13.2. The quantitative estimate of drug-likeness (QED) is 0.812. The summed E-state index contributed by atoms with van der Waals surface area (Å²) in [5.41, 5.74) is 0.574. The Balaban J connectivity index is 1.38. The van der Waals surface area contributed by atoms with Gasteiger partial charge in [-0.3, -0.25) is 9.69 Å². The molecule has 6 heteroatoms. The molecule has 4 rings (SSSR count). The van der Waals surface area contributed by atoms with Gasteiger partial charge in [0.2, 0.25) is 0 Å². The molecule has 27 heavy (non-hydrogen) atoms. The predicted octanol–water partition coefficient (Wildman–Crippen LogP) is 2.18. The van der Waals surface area contributed by atoms with E-state index in [1.54, 1.807) is 7.11 Å². The lowest BCUT2D eigenvalue weighted by atomic mass is 9.81. The van der Waals surface area contributed by atoms with E-state index >= 15 is 0 Å². The molecule has 0 radical (unpaired) electrons. The summed E-state index contributed by atoms with van der Waals surface area (Å²) in [5.74, 6) is 0.701. The van der Waals surface area contributed by atoms with Crippen molar-refractivity contribution in [1.82, 2.24) is 9.80 Å². The average Bonchev–Trinajstić information content (AvgIpc) is 2.74. The number of nitrogens with zero attached hydrogens (tertiary/aromatic N) is 2. The molecule has 1 atom stereocenters. The molecule has 3 fully saturated rings. The van der Waals surface area contributed by atoms with Crippen LogP contribution in [0.1, 0.15) is 36.0 Å². The third-order valence-corrected chi connectivity index (χ3v) is 6.33. The Hall–Kier alpha value is -1.63. The van der Waals surface area contributed by atoms with E-state index in [-0.39, 0.29) is 11.5 Å². The van der Waals surface area contributed by atoms with Crippen LogP contribution >= 0.6 is 0 Å². The number of amides is 1. The van der Waals surface area contributed by atoms with Crippen LogP contribution in [0.15, 0.2) is 24.3 Å². The summed E-state index contributed by atoms with van der Waals surface area (Å²) >= 11 is 0. The van der Waals surface area contributed by atoms with Crippen LogP contribution in [0.25, 0.3) is 0 Å². The molecule has 3 heterocycles. The van der Waals surface area contributed by atoms with E-state index < -0.39 is 0 Å². The van der Waals surface area contributed by atoms with E-state index in [1.807, 2.05) is 29.2 Å². The van der Waals surface area contributed by atoms with E-state index in [4.69, 9.17) is 14.2 Å². The topological polar surface area (TPSA) is 51.2 Å². The third kappa shape index (κ3) is 3.98. The van der Waals surface area contributed by atoms with Gasteiger partial charge in [0.15, 0.2) is 0 Å². The molecule has 0 aromatic heterocycles. The Morgan fingerprint density at radius 1 is 1.11 bits per heavy atom. The molecule has 1 spiro atoms. The molecule has 3 saturated heterocycles. The number of rotatable bonds is 3. The average molecular weight is 374 g/mol. The van der Waals surface area contributed by atoms with Gasteiger partial charge < -0.3 is 19.1 Å². The molecule has 0 N–H and O–H groups in total.